The van der Waals surface area contributed by atoms with Gasteiger partial charge in [0.2, 0.25) is 0 Å². The fourth-order valence-corrected chi connectivity index (χ4v) is 2.03. The summed E-state index contributed by atoms with van der Waals surface area (Å²) in [7, 11) is 1.40. The van der Waals surface area contributed by atoms with E-state index in [1.54, 1.807) is 18.2 Å². The number of ether oxygens (including phenoxy) is 3. The molecule has 8 heteroatoms. The SMILES string of the molecule is COc1ccccc1C(=O)NC(=O)COC(=O)COc1ccc(C=O)cc1. The van der Waals surface area contributed by atoms with E-state index in [2.05, 4.69) is 5.32 Å². The van der Waals surface area contributed by atoms with Crippen LogP contribution in [0.2, 0.25) is 0 Å². The van der Waals surface area contributed by atoms with Gasteiger partial charge in [-0.15, -0.1) is 0 Å². The molecule has 0 unspecified atom stereocenters. The van der Waals surface area contributed by atoms with Gasteiger partial charge in [0.25, 0.3) is 11.8 Å². The minimum Gasteiger partial charge on any atom is -0.496 e. The van der Waals surface area contributed by atoms with Gasteiger partial charge in [0.05, 0.1) is 12.7 Å². The molecule has 2 amide bonds. The lowest BCUT2D eigenvalue weighted by molar-refractivity contribution is -0.150. The Labute approximate surface area is 155 Å². The highest BCUT2D eigenvalue weighted by molar-refractivity contribution is 6.06. The number of amides is 2. The summed E-state index contributed by atoms with van der Waals surface area (Å²) in [4.78, 5) is 46.0. The number of esters is 1. The highest BCUT2D eigenvalue weighted by Crippen LogP contribution is 2.16. The molecule has 0 spiro atoms. The van der Waals surface area contributed by atoms with Crippen LogP contribution in [-0.4, -0.2) is 44.4 Å². The van der Waals surface area contributed by atoms with Crippen LogP contribution in [0.15, 0.2) is 48.5 Å². The molecule has 0 saturated carbocycles. The lowest BCUT2D eigenvalue weighted by atomic mass is 10.2. The lowest BCUT2D eigenvalue weighted by Gasteiger charge is -2.09. The van der Waals surface area contributed by atoms with Crippen molar-refractivity contribution in [3.8, 4) is 11.5 Å². The largest absolute Gasteiger partial charge is 0.496 e. The van der Waals surface area contributed by atoms with Crippen molar-refractivity contribution in [1.82, 2.24) is 5.32 Å². The molecule has 2 aromatic rings. The molecule has 8 nitrogen and oxygen atoms in total. The predicted molar refractivity (Wildman–Crippen MR) is 93.8 cm³/mol. The molecule has 0 heterocycles. The fraction of sp³-hybridized carbons (Fsp3) is 0.158. The molecule has 0 aliphatic carbocycles. The van der Waals surface area contributed by atoms with E-state index in [-0.39, 0.29) is 5.56 Å². The van der Waals surface area contributed by atoms with Gasteiger partial charge < -0.3 is 14.2 Å². The highest BCUT2D eigenvalue weighted by Gasteiger charge is 2.16. The van der Waals surface area contributed by atoms with E-state index in [0.29, 0.717) is 23.3 Å². The van der Waals surface area contributed by atoms with Crippen molar-refractivity contribution in [2.75, 3.05) is 20.3 Å². The number of hydrogen-bond donors (Lipinski definition) is 1. The molecule has 0 bridgehead atoms. The first-order valence-electron chi connectivity index (χ1n) is 7.84. The second-order valence-corrected chi connectivity index (χ2v) is 5.21. The van der Waals surface area contributed by atoms with Crippen molar-refractivity contribution in [3.05, 3.63) is 59.7 Å². The van der Waals surface area contributed by atoms with Gasteiger partial charge in [0.15, 0.2) is 13.2 Å². The van der Waals surface area contributed by atoms with E-state index in [1.165, 1.54) is 37.4 Å². The maximum Gasteiger partial charge on any atom is 0.344 e. The summed E-state index contributed by atoms with van der Waals surface area (Å²) < 4.78 is 15.0. The smallest absolute Gasteiger partial charge is 0.344 e. The normalized spacial score (nSPS) is 9.81. The van der Waals surface area contributed by atoms with Crippen molar-refractivity contribution in [2.24, 2.45) is 0 Å². The Bertz CT molecular complexity index is 830. The van der Waals surface area contributed by atoms with Gasteiger partial charge in [-0.3, -0.25) is 19.7 Å². The monoisotopic (exact) mass is 371 g/mol. The topological polar surface area (TPSA) is 108 Å². The molecule has 2 aromatic carbocycles. The van der Waals surface area contributed by atoms with E-state index < -0.39 is 31.0 Å². The number of para-hydroxylation sites is 1. The molecule has 0 atom stereocenters. The number of imide groups is 1. The molecule has 2 rings (SSSR count). The zero-order valence-electron chi connectivity index (χ0n) is 14.5. The molecule has 140 valence electrons. The van der Waals surface area contributed by atoms with E-state index >= 15 is 0 Å². The molecule has 0 aromatic heterocycles. The molecular weight excluding hydrogens is 354 g/mol. The van der Waals surface area contributed by atoms with Crippen LogP contribution < -0.4 is 14.8 Å². The van der Waals surface area contributed by atoms with Crippen LogP contribution >= 0.6 is 0 Å². The molecule has 0 radical (unpaired) electrons. The summed E-state index contributed by atoms with van der Waals surface area (Å²) in [5, 5.41) is 2.10. The molecule has 0 aliphatic heterocycles. The zero-order valence-corrected chi connectivity index (χ0v) is 14.5. The van der Waals surface area contributed by atoms with Crippen molar-refractivity contribution in [3.63, 3.8) is 0 Å². The summed E-state index contributed by atoms with van der Waals surface area (Å²) in [5.41, 5.74) is 0.656. The average Bonchev–Trinajstić information content (AvgIpc) is 2.70. The van der Waals surface area contributed by atoms with Crippen molar-refractivity contribution < 1.29 is 33.4 Å². The number of nitrogens with one attached hydrogen (secondary N) is 1. The Morgan fingerprint density at radius 3 is 2.37 bits per heavy atom. The summed E-state index contributed by atoms with van der Waals surface area (Å²) in [5.74, 6) is -1.55. The number of carbonyl (C=O) groups is 4. The van der Waals surface area contributed by atoms with E-state index in [0.717, 1.165) is 0 Å². The molecule has 0 aliphatic rings. The van der Waals surface area contributed by atoms with Crippen LogP contribution in [0.1, 0.15) is 20.7 Å². The molecular formula is C19H17NO7. The third-order valence-electron chi connectivity index (χ3n) is 3.34. The number of aldehydes is 1. The van der Waals surface area contributed by atoms with Crippen molar-refractivity contribution >= 4 is 24.1 Å². The predicted octanol–water partition coefficient (Wildman–Crippen LogP) is 1.39. The Morgan fingerprint density at radius 1 is 1.00 bits per heavy atom. The van der Waals surface area contributed by atoms with E-state index in [9.17, 15) is 19.2 Å². The number of benzene rings is 2. The number of methoxy groups -OCH3 is 1. The van der Waals surface area contributed by atoms with Crippen LogP contribution in [0.3, 0.4) is 0 Å². The highest BCUT2D eigenvalue weighted by atomic mass is 16.6. The first-order valence-corrected chi connectivity index (χ1v) is 7.84. The van der Waals surface area contributed by atoms with Gasteiger partial charge >= 0.3 is 5.97 Å². The standard InChI is InChI=1S/C19H17NO7/c1-25-16-5-3-2-4-15(16)19(24)20-17(22)11-27-18(23)12-26-14-8-6-13(10-21)7-9-14/h2-10H,11-12H2,1H3,(H,20,22,24). The summed E-state index contributed by atoms with van der Waals surface area (Å²) >= 11 is 0. The Balaban J connectivity index is 1.76. The van der Waals surface area contributed by atoms with Crippen LogP contribution in [0, 0.1) is 0 Å². The summed E-state index contributed by atoms with van der Waals surface area (Å²) in [6, 6.07) is 12.5. The molecule has 0 saturated heterocycles. The Kier molecular flexibility index (Phi) is 7.07. The number of carbonyl (C=O) groups excluding carboxylic acids is 4. The molecule has 0 fully saturated rings. The van der Waals surface area contributed by atoms with Gasteiger partial charge in [0.1, 0.15) is 17.8 Å². The van der Waals surface area contributed by atoms with Crippen LogP contribution in [-0.2, 0) is 14.3 Å². The van der Waals surface area contributed by atoms with Crippen LogP contribution in [0.4, 0.5) is 0 Å². The van der Waals surface area contributed by atoms with Crippen LogP contribution in [0.5, 0.6) is 11.5 Å². The van der Waals surface area contributed by atoms with Gasteiger partial charge in [-0.05, 0) is 36.4 Å². The van der Waals surface area contributed by atoms with Gasteiger partial charge in [-0.1, -0.05) is 12.1 Å². The first-order chi connectivity index (χ1) is 13.0. The molecule has 27 heavy (non-hydrogen) atoms. The Hall–Kier alpha value is -3.68. The van der Waals surface area contributed by atoms with Gasteiger partial charge in [0, 0.05) is 5.56 Å². The minimum absolute atomic E-state index is 0.182. The summed E-state index contributed by atoms with van der Waals surface area (Å²) in [6.45, 7) is -1.05. The maximum atomic E-state index is 12.0. The lowest BCUT2D eigenvalue weighted by Crippen LogP contribution is -2.34. The second-order valence-electron chi connectivity index (χ2n) is 5.21. The zero-order chi connectivity index (χ0) is 19.6. The first kappa shape index (κ1) is 19.6. The number of hydrogen-bond acceptors (Lipinski definition) is 7. The minimum atomic E-state index is -0.783. The third kappa shape index (κ3) is 5.96. The second kappa shape index (κ2) is 9.71. The Morgan fingerprint density at radius 2 is 1.70 bits per heavy atom. The third-order valence-corrected chi connectivity index (χ3v) is 3.34. The van der Waals surface area contributed by atoms with Gasteiger partial charge in [-0.2, -0.15) is 0 Å². The quantitative estimate of drug-likeness (QED) is 0.552. The number of rotatable bonds is 8. The van der Waals surface area contributed by atoms with Crippen LogP contribution in [0.25, 0.3) is 0 Å². The van der Waals surface area contributed by atoms with E-state index in [1.807, 2.05) is 0 Å². The van der Waals surface area contributed by atoms with Gasteiger partial charge in [-0.25, -0.2) is 4.79 Å². The van der Waals surface area contributed by atoms with Crippen molar-refractivity contribution in [1.29, 1.82) is 0 Å². The van der Waals surface area contributed by atoms with Crippen molar-refractivity contribution in [2.45, 2.75) is 0 Å². The molecule has 1 N–H and O–H groups in total. The average molecular weight is 371 g/mol. The summed E-state index contributed by atoms with van der Waals surface area (Å²) in [6.07, 6.45) is 0.684. The fourth-order valence-electron chi connectivity index (χ4n) is 2.03. The van der Waals surface area contributed by atoms with E-state index in [4.69, 9.17) is 14.2 Å². The maximum absolute atomic E-state index is 12.0.